The third-order valence-electron chi connectivity index (χ3n) is 3.64. The average molecular weight is 310 g/mol. The number of rotatable bonds is 6. The van der Waals surface area contributed by atoms with Crippen LogP contribution in [0.1, 0.15) is 34.8 Å². The predicted molar refractivity (Wildman–Crippen MR) is 94.1 cm³/mol. The molecular weight excluding hydrogens is 288 g/mol. The molecule has 4 heteroatoms. The molecule has 0 unspecified atom stereocenters. The summed E-state index contributed by atoms with van der Waals surface area (Å²) in [6.07, 6.45) is 0.377. The van der Waals surface area contributed by atoms with E-state index in [0.717, 1.165) is 11.3 Å². The van der Waals surface area contributed by atoms with Gasteiger partial charge in [0.05, 0.1) is 0 Å². The Balaban J connectivity index is 1.83. The minimum atomic E-state index is -0.0571. The number of ketones is 1. The molecule has 2 N–H and O–H groups in total. The van der Waals surface area contributed by atoms with Crippen molar-refractivity contribution in [2.45, 2.75) is 27.2 Å². The van der Waals surface area contributed by atoms with Crippen molar-refractivity contribution in [1.82, 2.24) is 0 Å². The van der Waals surface area contributed by atoms with Gasteiger partial charge < -0.3 is 10.6 Å². The summed E-state index contributed by atoms with van der Waals surface area (Å²) < 4.78 is 0. The van der Waals surface area contributed by atoms with E-state index >= 15 is 0 Å². The Hall–Kier alpha value is -2.62. The highest BCUT2D eigenvalue weighted by molar-refractivity contribution is 5.95. The zero-order valence-corrected chi connectivity index (χ0v) is 13.8. The first-order valence-corrected chi connectivity index (χ1v) is 7.67. The van der Waals surface area contributed by atoms with Crippen LogP contribution >= 0.6 is 0 Å². The monoisotopic (exact) mass is 310 g/mol. The van der Waals surface area contributed by atoms with Crippen LogP contribution < -0.4 is 10.6 Å². The molecular formula is C19H22N2O2. The Morgan fingerprint density at radius 3 is 2.35 bits per heavy atom. The third-order valence-corrected chi connectivity index (χ3v) is 3.64. The van der Waals surface area contributed by atoms with Gasteiger partial charge in [-0.15, -0.1) is 0 Å². The topological polar surface area (TPSA) is 58.2 Å². The summed E-state index contributed by atoms with van der Waals surface area (Å²) in [5.74, 6) is -0.0426. The van der Waals surface area contributed by atoms with E-state index in [9.17, 15) is 9.59 Å². The van der Waals surface area contributed by atoms with Gasteiger partial charge in [-0.25, -0.2) is 0 Å². The standard InChI is InChI=1S/C19H22N2O2/c1-13-4-5-14(2)18(12-13)20-11-10-19(23)21-17-8-6-16(7-9-17)15(3)22/h4-9,12,20H,10-11H2,1-3H3,(H,21,23). The van der Waals surface area contributed by atoms with Crippen LogP contribution in [0.5, 0.6) is 0 Å². The summed E-state index contributed by atoms with van der Waals surface area (Å²) in [6, 6.07) is 13.1. The highest BCUT2D eigenvalue weighted by atomic mass is 16.1. The maximum absolute atomic E-state index is 12.0. The lowest BCUT2D eigenvalue weighted by atomic mass is 10.1. The van der Waals surface area contributed by atoms with E-state index in [1.165, 1.54) is 12.5 Å². The molecule has 1 amide bonds. The summed E-state index contributed by atoms with van der Waals surface area (Å²) in [5.41, 5.74) is 4.75. The minimum Gasteiger partial charge on any atom is -0.384 e. The lowest BCUT2D eigenvalue weighted by Crippen LogP contribution is -2.16. The number of benzene rings is 2. The fourth-order valence-electron chi connectivity index (χ4n) is 2.25. The van der Waals surface area contributed by atoms with E-state index in [1.54, 1.807) is 24.3 Å². The average Bonchev–Trinajstić information content (AvgIpc) is 2.51. The number of carbonyl (C=O) groups excluding carboxylic acids is 2. The summed E-state index contributed by atoms with van der Waals surface area (Å²) >= 11 is 0. The number of nitrogens with one attached hydrogen (secondary N) is 2. The largest absolute Gasteiger partial charge is 0.384 e. The minimum absolute atomic E-state index is 0.0144. The summed E-state index contributed by atoms with van der Waals surface area (Å²) in [7, 11) is 0. The molecule has 23 heavy (non-hydrogen) atoms. The second kappa shape index (κ2) is 7.58. The van der Waals surface area contributed by atoms with Crippen LogP contribution in [-0.2, 0) is 4.79 Å². The van der Waals surface area contributed by atoms with Crippen LogP contribution in [0, 0.1) is 13.8 Å². The molecule has 0 saturated carbocycles. The molecule has 120 valence electrons. The third kappa shape index (κ3) is 4.95. The summed E-state index contributed by atoms with van der Waals surface area (Å²) in [4.78, 5) is 23.2. The van der Waals surface area contributed by atoms with Crippen LogP contribution in [0.15, 0.2) is 42.5 Å². The zero-order valence-electron chi connectivity index (χ0n) is 13.8. The first-order chi connectivity index (χ1) is 11.0. The van der Waals surface area contributed by atoms with E-state index in [1.807, 2.05) is 13.8 Å². The number of carbonyl (C=O) groups is 2. The number of anilines is 2. The van der Waals surface area contributed by atoms with Gasteiger partial charge in [-0.3, -0.25) is 9.59 Å². The van der Waals surface area contributed by atoms with Crippen molar-refractivity contribution in [3.8, 4) is 0 Å². The lowest BCUT2D eigenvalue weighted by molar-refractivity contribution is -0.115. The van der Waals surface area contributed by atoms with Crippen molar-refractivity contribution in [3.63, 3.8) is 0 Å². The van der Waals surface area contributed by atoms with Gasteiger partial charge >= 0.3 is 0 Å². The second-order valence-electron chi connectivity index (χ2n) is 5.68. The molecule has 0 heterocycles. The van der Waals surface area contributed by atoms with E-state index in [4.69, 9.17) is 0 Å². The fourth-order valence-corrected chi connectivity index (χ4v) is 2.25. The molecule has 4 nitrogen and oxygen atoms in total. The van der Waals surface area contributed by atoms with Crippen LogP contribution in [0.2, 0.25) is 0 Å². The Morgan fingerprint density at radius 2 is 1.70 bits per heavy atom. The first-order valence-electron chi connectivity index (χ1n) is 7.67. The normalized spacial score (nSPS) is 10.2. The quantitative estimate of drug-likeness (QED) is 0.794. The molecule has 2 rings (SSSR count). The number of hydrogen-bond acceptors (Lipinski definition) is 3. The van der Waals surface area contributed by atoms with Crippen molar-refractivity contribution >= 4 is 23.1 Å². The van der Waals surface area contributed by atoms with Crippen LogP contribution in [-0.4, -0.2) is 18.2 Å². The molecule has 0 aromatic heterocycles. The highest BCUT2D eigenvalue weighted by Gasteiger charge is 2.04. The van der Waals surface area contributed by atoms with Crippen molar-refractivity contribution < 1.29 is 9.59 Å². The van der Waals surface area contributed by atoms with E-state index in [-0.39, 0.29) is 11.7 Å². The lowest BCUT2D eigenvalue weighted by Gasteiger charge is -2.11. The number of Topliss-reactive ketones (excluding diaryl/α,β-unsaturated/α-hetero) is 1. The molecule has 0 aliphatic carbocycles. The van der Waals surface area contributed by atoms with Crippen molar-refractivity contribution in [1.29, 1.82) is 0 Å². The smallest absolute Gasteiger partial charge is 0.226 e. The predicted octanol–water partition coefficient (Wildman–Crippen LogP) is 3.95. The van der Waals surface area contributed by atoms with Crippen LogP contribution in [0.25, 0.3) is 0 Å². The van der Waals surface area contributed by atoms with Gasteiger partial charge in [0.2, 0.25) is 5.91 Å². The maximum atomic E-state index is 12.0. The van der Waals surface area contributed by atoms with Crippen LogP contribution in [0.4, 0.5) is 11.4 Å². The van der Waals surface area contributed by atoms with Gasteiger partial charge in [0.15, 0.2) is 5.78 Å². The van der Waals surface area contributed by atoms with Gasteiger partial charge in [-0.2, -0.15) is 0 Å². The van der Waals surface area contributed by atoms with E-state index < -0.39 is 0 Å². The van der Waals surface area contributed by atoms with Crippen molar-refractivity contribution in [2.24, 2.45) is 0 Å². The number of amides is 1. The fraction of sp³-hybridized carbons (Fsp3) is 0.263. The zero-order chi connectivity index (χ0) is 16.8. The van der Waals surface area contributed by atoms with Crippen molar-refractivity contribution in [2.75, 3.05) is 17.2 Å². The van der Waals surface area contributed by atoms with Gasteiger partial charge in [-0.1, -0.05) is 12.1 Å². The second-order valence-corrected chi connectivity index (χ2v) is 5.68. The van der Waals surface area contributed by atoms with Gasteiger partial charge in [0.1, 0.15) is 0 Å². The Kier molecular flexibility index (Phi) is 5.52. The molecule has 0 saturated heterocycles. The van der Waals surface area contributed by atoms with Crippen LogP contribution in [0.3, 0.4) is 0 Å². The first kappa shape index (κ1) is 16.7. The van der Waals surface area contributed by atoms with Gasteiger partial charge in [-0.05, 0) is 62.2 Å². The molecule has 0 radical (unpaired) electrons. The summed E-state index contributed by atoms with van der Waals surface area (Å²) in [5, 5.41) is 6.12. The van der Waals surface area contributed by atoms with Gasteiger partial charge in [0, 0.05) is 29.9 Å². The summed E-state index contributed by atoms with van der Waals surface area (Å²) in [6.45, 7) is 6.18. The molecule has 0 fully saturated rings. The molecule has 2 aromatic carbocycles. The number of aryl methyl sites for hydroxylation is 2. The molecule has 0 spiro atoms. The van der Waals surface area contributed by atoms with E-state index in [2.05, 4.69) is 28.8 Å². The Labute approximate surface area is 136 Å². The SMILES string of the molecule is CC(=O)c1ccc(NC(=O)CCNc2cc(C)ccc2C)cc1. The Morgan fingerprint density at radius 1 is 1.00 bits per heavy atom. The van der Waals surface area contributed by atoms with Crippen molar-refractivity contribution in [3.05, 3.63) is 59.2 Å². The number of hydrogen-bond donors (Lipinski definition) is 2. The maximum Gasteiger partial charge on any atom is 0.226 e. The molecule has 0 atom stereocenters. The molecule has 0 aliphatic heterocycles. The highest BCUT2D eigenvalue weighted by Crippen LogP contribution is 2.16. The molecule has 0 aliphatic rings. The van der Waals surface area contributed by atoms with E-state index in [0.29, 0.717) is 24.2 Å². The molecule has 0 bridgehead atoms. The Bertz CT molecular complexity index is 706. The van der Waals surface area contributed by atoms with Gasteiger partial charge in [0.25, 0.3) is 0 Å². The molecule has 2 aromatic rings.